The largest absolute Gasteiger partial charge is 0.453 e. The molecule has 0 atom stereocenters. The maximum atomic E-state index is 12.4. The fourth-order valence-corrected chi connectivity index (χ4v) is 3.65. The zero-order valence-corrected chi connectivity index (χ0v) is 18.6. The molecule has 0 bridgehead atoms. The van der Waals surface area contributed by atoms with Crippen molar-refractivity contribution in [2.45, 2.75) is 6.54 Å². The van der Waals surface area contributed by atoms with Crippen molar-refractivity contribution in [1.29, 1.82) is 0 Å². The van der Waals surface area contributed by atoms with E-state index in [9.17, 15) is 18.0 Å². The molecule has 3 rings (SSSR count). The van der Waals surface area contributed by atoms with Crippen molar-refractivity contribution in [2.24, 2.45) is 0 Å². The quantitative estimate of drug-likeness (QED) is 0.461. The predicted octanol–water partition coefficient (Wildman–Crippen LogP) is 4.21. The lowest BCUT2D eigenvalue weighted by Gasteiger charge is -2.08. The second-order valence-corrected chi connectivity index (χ2v) is 8.50. The van der Waals surface area contributed by atoms with Gasteiger partial charge >= 0.3 is 6.09 Å². The molecule has 0 aromatic heterocycles. The molecule has 0 unspecified atom stereocenters. The lowest BCUT2D eigenvalue weighted by molar-refractivity contribution is 0.0951. The fraction of sp³-hybridized carbons (Fsp3) is 0.0833. The molecular formula is C24H23N3O5S. The van der Waals surface area contributed by atoms with Gasteiger partial charge in [0.2, 0.25) is 0 Å². The molecule has 0 heterocycles. The molecule has 0 fully saturated rings. The average molecular weight is 466 g/mol. The number of ether oxygens (including phenoxy) is 1. The van der Waals surface area contributed by atoms with E-state index < -0.39 is 16.1 Å². The molecule has 0 spiro atoms. The molecule has 3 aromatic carbocycles. The van der Waals surface area contributed by atoms with Gasteiger partial charge in [0, 0.05) is 23.5 Å². The van der Waals surface area contributed by atoms with Crippen LogP contribution in [0, 0.1) is 0 Å². The average Bonchev–Trinajstić information content (AvgIpc) is 2.83. The zero-order valence-electron chi connectivity index (χ0n) is 17.8. The standard InChI is InChI=1S/C24H23N3O5S/c1-32-24(29)26-21-11-7-19(8-12-21)17-25-23(28)20-9-13-22(14-10-20)27-33(30,31)16-15-18-5-3-2-4-6-18/h2-16,27H,17H2,1H3,(H,25,28)(H,26,29). The Hall–Kier alpha value is -4.11. The molecular weight excluding hydrogens is 442 g/mol. The second kappa shape index (κ2) is 11.0. The summed E-state index contributed by atoms with van der Waals surface area (Å²) < 4.78 is 31.5. The number of methoxy groups -OCH3 is 1. The Morgan fingerprint density at radius 3 is 2.15 bits per heavy atom. The number of sulfonamides is 1. The molecule has 33 heavy (non-hydrogen) atoms. The van der Waals surface area contributed by atoms with Crippen molar-refractivity contribution in [3.05, 3.63) is 101 Å². The van der Waals surface area contributed by atoms with Crippen LogP contribution in [0.1, 0.15) is 21.5 Å². The summed E-state index contributed by atoms with van der Waals surface area (Å²) in [5.41, 5.74) is 2.92. The van der Waals surface area contributed by atoms with E-state index in [1.807, 2.05) is 18.2 Å². The minimum atomic E-state index is -3.69. The predicted molar refractivity (Wildman–Crippen MR) is 128 cm³/mol. The van der Waals surface area contributed by atoms with Crippen molar-refractivity contribution in [1.82, 2.24) is 5.32 Å². The van der Waals surface area contributed by atoms with Crippen LogP contribution >= 0.6 is 0 Å². The first-order valence-electron chi connectivity index (χ1n) is 9.93. The van der Waals surface area contributed by atoms with Gasteiger partial charge in [-0.25, -0.2) is 13.2 Å². The number of carbonyl (C=O) groups excluding carboxylic acids is 2. The van der Waals surface area contributed by atoms with E-state index in [1.165, 1.54) is 37.5 Å². The van der Waals surface area contributed by atoms with Crippen molar-refractivity contribution < 1.29 is 22.7 Å². The Balaban J connectivity index is 1.53. The Bertz CT molecular complexity index is 1220. The highest BCUT2D eigenvalue weighted by Crippen LogP contribution is 2.14. The lowest BCUT2D eigenvalue weighted by atomic mass is 10.1. The molecule has 0 aliphatic carbocycles. The molecule has 3 N–H and O–H groups in total. The van der Waals surface area contributed by atoms with Gasteiger partial charge in [-0.15, -0.1) is 0 Å². The molecule has 8 nitrogen and oxygen atoms in total. The van der Waals surface area contributed by atoms with Crippen LogP contribution in [0.25, 0.3) is 6.08 Å². The van der Waals surface area contributed by atoms with E-state index in [2.05, 4.69) is 20.1 Å². The van der Waals surface area contributed by atoms with Gasteiger partial charge in [-0.3, -0.25) is 14.8 Å². The second-order valence-electron chi connectivity index (χ2n) is 6.93. The summed E-state index contributed by atoms with van der Waals surface area (Å²) in [4.78, 5) is 23.6. The lowest BCUT2D eigenvalue weighted by Crippen LogP contribution is -2.22. The molecule has 0 aliphatic heterocycles. The van der Waals surface area contributed by atoms with Crippen LogP contribution in [-0.2, 0) is 21.3 Å². The zero-order chi connectivity index (χ0) is 23.7. The maximum Gasteiger partial charge on any atom is 0.411 e. The molecule has 9 heteroatoms. The van der Waals surface area contributed by atoms with Crippen molar-refractivity contribution in [2.75, 3.05) is 17.1 Å². The number of hydrogen-bond acceptors (Lipinski definition) is 5. The normalized spacial score (nSPS) is 11.1. The number of hydrogen-bond donors (Lipinski definition) is 3. The molecule has 0 radical (unpaired) electrons. The summed E-state index contributed by atoms with van der Waals surface area (Å²) in [5, 5.41) is 6.43. The molecule has 2 amide bonds. The molecule has 3 aromatic rings. The Labute approximate surface area is 192 Å². The van der Waals surface area contributed by atoms with Gasteiger partial charge in [-0.1, -0.05) is 42.5 Å². The van der Waals surface area contributed by atoms with Crippen LogP contribution in [-0.4, -0.2) is 27.5 Å². The maximum absolute atomic E-state index is 12.4. The van der Waals surface area contributed by atoms with E-state index in [4.69, 9.17) is 0 Å². The van der Waals surface area contributed by atoms with E-state index in [-0.39, 0.29) is 12.5 Å². The van der Waals surface area contributed by atoms with Gasteiger partial charge in [-0.05, 0) is 53.6 Å². The van der Waals surface area contributed by atoms with Crippen LogP contribution in [0.5, 0.6) is 0 Å². The monoisotopic (exact) mass is 465 g/mol. The minimum Gasteiger partial charge on any atom is -0.453 e. The number of carbonyl (C=O) groups is 2. The summed E-state index contributed by atoms with van der Waals surface area (Å²) in [6, 6.07) is 22.2. The first kappa shape index (κ1) is 23.6. The number of benzene rings is 3. The third kappa shape index (κ3) is 7.51. The Morgan fingerprint density at radius 1 is 0.879 bits per heavy atom. The van der Waals surface area contributed by atoms with E-state index in [0.29, 0.717) is 16.9 Å². The molecule has 0 aliphatic rings. The summed E-state index contributed by atoms with van der Waals surface area (Å²) >= 11 is 0. The minimum absolute atomic E-state index is 0.288. The third-order valence-corrected chi connectivity index (χ3v) is 5.50. The van der Waals surface area contributed by atoms with Gasteiger partial charge in [0.05, 0.1) is 12.5 Å². The van der Waals surface area contributed by atoms with Gasteiger partial charge in [0.15, 0.2) is 0 Å². The van der Waals surface area contributed by atoms with Gasteiger partial charge < -0.3 is 10.1 Å². The Kier molecular flexibility index (Phi) is 7.82. The van der Waals surface area contributed by atoms with Crippen molar-refractivity contribution in [3.63, 3.8) is 0 Å². The van der Waals surface area contributed by atoms with Crippen LogP contribution in [0.15, 0.2) is 84.3 Å². The first-order valence-corrected chi connectivity index (χ1v) is 11.5. The highest BCUT2D eigenvalue weighted by Gasteiger charge is 2.09. The first-order chi connectivity index (χ1) is 15.8. The Morgan fingerprint density at radius 2 is 1.52 bits per heavy atom. The van der Waals surface area contributed by atoms with Gasteiger partial charge in [0.25, 0.3) is 15.9 Å². The van der Waals surface area contributed by atoms with Crippen molar-refractivity contribution >= 4 is 39.5 Å². The number of amides is 2. The number of anilines is 2. The van der Waals surface area contributed by atoms with E-state index >= 15 is 0 Å². The van der Waals surface area contributed by atoms with E-state index in [1.54, 1.807) is 36.4 Å². The smallest absolute Gasteiger partial charge is 0.411 e. The highest BCUT2D eigenvalue weighted by molar-refractivity contribution is 7.95. The molecule has 170 valence electrons. The number of rotatable bonds is 8. The highest BCUT2D eigenvalue weighted by atomic mass is 32.2. The molecule has 0 saturated heterocycles. The summed E-state index contributed by atoms with van der Waals surface area (Å²) in [7, 11) is -2.41. The third-order valence-electron chi connectivity index (χ3n) is 4.49. The van der Waals surface area contributed by atoms with Crippen LogP contribution < -0.4 is 15.4 Å². The van der Waals surface area contributed by atoms with Crippen LogP contribution in [0.3, 0.4) is 0 Å². The van der Waals surface area contributed by atoms with Crippen LogP contribution in [0.4, 0.5) is 16.2 Å². The van der Waals surface area contributed by atoms with Gasteiger partial charge in [-0.2, -0.15) is 0 Å². The number of nitrogens with one attached hydrogen (secondary N) is 3. The summed E-state index contributed by atoms with van der Waals surface area (Å²) in [6.07, 6.45) is 0.941. The summed E-state index contributed by atoms with van der Waals surface area (Å²) in [5.74, 6) is -0.301. The van der Waals surface area contributed by atoms with Crippen molar-refractivity contribution in [3.8, 4) is 0 Å². The summed E-state index contributed by atoms with van der Waals surface area (Å²) in [6.45, 7) is 0.288. The van der Waals surface area contributed by atoms with Gasteiger partial charge in [0.1, 0.15) is 0 Å². The van der Waals surface area contributed by atoms with E-state index in [0.717, 1.165) is 16.5 Å². The SMILES string of the molecule is COC(=O)Nc1ccc(CNC(=O)c2ccc(NS(=O)(=O)C=Cc3ccccc3)cc2)cc1. The fourth-order valence-electron chi connectivity index (χ4n) is 2.78. The van der Waals surface area contributed by atoms with Crippen LogP contribution in [0.2, 0.25) is 0 Å². The topological polar surface area (TPSA) is 114 Å². The molecule has 0 saturated carbocycles.